The summed E-state index contributed by atoms with van der Waals surface area (Å²) in [6, 6.07) is 18.6. The Labute approximate surface area is 219 Å². The third kappa shape index (κ3) is 4.32. The first-order chi connectivity index (χ1) is 18.5. The van der Waals surface area contributed by atoms with E-state index in [2.05, 4.69) is 10.2 Å². The predicted molar refractivity (Wildman–Crippen MR) is 141 cm³/mol. The van der Waals surface area contributed by atoms with E-state index in [9.17, 15) is 14.7 Å². The molecule has 3 aromatic carbocycles. The van der Waals surface area contributed by atoms with Crippen molar-refractivity contribution in [2.45, 2.75) is 19.9 Å². The number of anilines is 1. The minimum atomic E-state index is -0.582. The van der Waals surface area contributed by atoms with Gasteiger partial charge in [0.05, 0.1) is 37.6 Å². The molecule has 38 heavy (non-hydrogen) atoms. The van der Waals surface area contributed by atoms with Crippen LogP contribution in [-0.2, 0) is 4.74 Å². The molecule has 9 nitrogen and oxygen atoms in total. The van der Waals surface area contributed by atoms with Crippen LogP contribution in [0.4, 0.5) is 5.69 Å². The highest BCUT2D eigenvalue weighted by molar-refractivity contribution is 6.12. The zero-order valence-electron chi connectivity index (χ0n) is 21.2. The van der Waals surface area contributed by atoms with Crippen LogP contribution in [0.2, 0.25) is 0 Å². The van der Waals surface area contributed by atoms with Gasteiger partial charge in [-0.05, 0) is 80.1 Å². The largest absolute Gasteiger partial charge is 0.504 e. The maximum atomic E-state index is 13.8. The molecule has 0 saturated carbocycles. The van der Waals surface area contributed by atoms with Crippen molar-refractivity contribution in [2.24, 2.45) is 0 Å². The van der Waals surface area contributed by atoms with Gasteiger partial charge in [-0.1, -0.05) is 6.07 Å². The molecular formula is C29H27N3O6. The van der Waals surface area contributed by atoms with E-state index in [1.807, 2.05) is 31.2 Å². The molecule has 194 valence electrons. The van der Waals surface area contributed by atoms with Gasteiger partial charge in [0.1, 0.15) is 11.4 Å². The first kappa shape index (κ1) is 24.9. The summed E-state index contributed by atoms with van der Waals surface area (Å²) in [7, 11) is 1.60. The number of benzene rings is 3. The smallest absolute Gasteiger partial charge is 0.338 e. The van der Waals surface area contributed by atoms with Crippen LogP contribution in [-0.4, -0.2) is 47.5 Å². The standard InChI is InChI=1S/C29H27N3O6/c1-4-37-23-16-19(10-15-22(23)33)27-24-25(17-8-13-21(36-3)14-9-17)30-31-26(24)28(34)32(27)20-11-6-18(7-12-20)29(35)38-5-2/h6-16,27,33H,4-5H2,1-3H3,(H,30,31). The molecule has 1 aliphatic rings. The fraction of sp³-hybridized carbons (Fsp3) is 0.207. The van der Waals surface area contributed by atoms with E-state index in [0.29, 0.717) is 46.3 Å². The monoisotopic (exact) mass is 513 g/mol. The number of phenols is 1. The number of rotatable bonds is 8. The summed E-state index contributed by atoms with van der Waals surface area (Å²) in [5.41, 5.74) is 4.20. The Bertz CT molecular complexity index is 1480. The first-order valence-electron chi connectivity index (χ1n) is 12.3. The number of methoxy groups -OCH3 is 1. The van der Waals surface area contributed by atoms with Gasteiger partial charge in [-0.3, -0.25) is 14.8 Å². The zero-order chi connectivity index (χ0) is 26.8. The van der Waals surface area contributed by atoms with Crippen molar-refractivity contribution in [1.82, 2.24) is 10.2 Å². The van der Waals surface area contributed by atoms with Gasteiger partial charge in [0.2, 0.25) is 0 Å². The van der Waals surface area contributed by atoms with Crippen molar-refractivity contribution in [3.05, 3.63) is 89.1 Å². The molecule has 1 unspecified atom stereocenters. The zero-order valence-corrected chi connectivity index (χ0v) is 21.2. The van der Waals surface area contributed by atoms with E-state index in [1.165, 1.54) is 0 Å². The lowest BCUT2D eigenvalue weighted by Crippen LogP contribution is -2.29. The molecule has 2 N–H and O–H groups in total. The second-order valence-electron chi connectivity index (χ2n) is 8.59. The molecule has 0 saturated heterocycles. The molecule has 0 fully saturated rings. The molecular weight excluding hydrogens is 486 g/mol. The number of hydrogen-bond acceptors (Lipinski definition) is 7. The lowest BCUT2D eigenvalue weighted by molar-refractivity contribution is 0.0526. The van der Waals surface area contributed by atoms with Crippen LogP contribution in [0.15, 0.2) is 66.7 Å². The highest BCUT2D eigenvalue weighted by Gasteiger charge is 2.43. The summed E-state index contributed by atoms with van der Waals surface area (Å²) in [5, 5.41) is 17.8. The number of fused-ring (bicyclic) bond motifs is 1. The Balaban J connectivity index is 1.65. The molecule has 1 amide bonds. The summed E-state index contributed by atoms with van der Waals surface area (Å²) >= 11 is 0. The number of nitrogens with one attached hydrogen (secondary N) is 1. The lowest BCUT2D eigenvalue weighted by Gasteiger charge is -2.27. The highest BCUT2D eigenvalue weighted by Crippen LogP contribution is 2.46. The Hall–Kier alpha value is -4.79. The van der Waals surface area contributed by atoms with Crippen molar-refractivity contribution in [2.75, 3.05) is 25.2 Å². The number of phenolic OH excluding ortho intramolecular Hbond substituents is 1. The molecule has 4 aromatic rings. The van der Waals surface area contributed by atoms with Crippen molar-refractivity contribution in [3.63, 3.8) is 0 Å². The second-order valence-corrected chi connectivity index (χ2v) is 8.59. The molecule has 0 spiro atoms. The van der Waals surface area contributed by atoms with Gasteiger partial charge in [-0.2, -0.15) is 5.10 Å². The fourth-order valence-corrected chi connectivity index (χ4v) is 4.64. The number of ether oxygens (including phenoxy) is 3. The van der Waals surface area contributed by atoms with Crippen LogP contribution in [0, 0.1) is 0 Å². The number of hydrogen-bond donors (Lipinski definition) is 2. The average molecular weight is 514 g/mol. The van der Waals surface area contributed by atoms with Gasteiger partial charge in [-0.25, -0.2) is 4.79 Å². The van der Waals surface area contributed by atoms with Gasteiger partial charge in [-0.15, -0.1) is 0 Å². The molecule has 0 aliphatic carbocycles. The van der Waals surface area contributed by atoms with Crippen LogP contribution in [0.25, 0.3) is 11.3 Å². The van der Waals surface area contributed by atoms with E-state index in [4.69, 9.17) is 14.2 Å². The number of carbonyl (C=O) groups excluding carboxylic acids is 2. The summed E-state index contributed by atoms with van der Waals surface area (Å²) in [4.78, 5) is 27.6. The van der Waals surface area contributed by atoms with Crippen LogP contribution in [0.3, 0.4) is 0 Å². The number of aromatic amines is 1. The molecule has 1 aliphatic heterocycles. The van der Waals surface area contributed by atoms with E-state index in [0.717, 1.165) is 11.1 Å². The van der Waals surface area contributed by atoms with Gasteiger partial charge < -0.3 is 19.3 Å². The number of aromatic nitrogens is 2. The van der Waals surface area contributed by atoms with Crippen LogP contribution in [0.5, 0.6) is 17.2 Å². The Morgan fingerprint density at radius 3 is 2.42 bits per heavy atom. The van der Waals surface area contributed by atoms with E-state index < -0.39 is 12.0 Å². The Morgan fingerprint density at radius 2 is 1.76 bits per heavy atom. The fourth-order valence-electron chi connectivity index (χ4n) is 4.64. The maximum absolute atomic E-state index is 13.8. The van der Waals surface area contributed by atoms with E-state index >= 15 is 0 Å². The van der Waals surface area contributed by atoms with Crippen molar-refractivity contribution in [1.29, 1.82) is 0 Å². The van der Waals surface area contributed by atoms with Gasteiger partial charge in [0.15, 0.2) is 11.5 Å². The maximum Gasteiger partial charge on any atom is 0.338 e. The summed E-state index contributed by atoms with van der Waals surface area (Å²) in [6.07, 6.45) is 0. The first-order valence-corrected chi connectivity index (χ1v) is 12.3. The van der Waals surface area contributed by atoms with Crippen molar-refractivity contribution >= 4 is 17.6 Å². The number of nitrogens with zero attached hydrogens (tertiary/aromatic N) is 2. The molecule has 2 heterocycles. The Kier molecular flexibility index (Phi) is 6.74. The summed E-state index contributed by atoms with van der Waals surface area (Å²) in [6.45, 7) is 4.22. The summed E-state index contributed by atoms with van der Waals surface area (Å²) < 4.78 is 16.0. The number of amides is 1. The minimum Gasteiger partial charge on any atom is -0.504 e. The highest BCUT2D eigenvalue weighted by atomic mass is 16.5. The molecule has 1 aromatic heterocycles. The molecule has 0 bridgehead atoms. The number of aromatic hydroxyl groups is 1. The normalized spacial score (nSPS) is 14.3. The van der Waals surface area contributed by atoms with Crippen LogP contribution >= 0.6 is 0 Å². The van der Waals surface area contributed by atoms with Gasteiger partial charge in [0, 0.05) is 16.8 Å². The predicted octanol–water partition coefficient (Wildman–Crippen LogP) is 5.12. The number of H-pyrrole nitrogens is 1. The van der Waals surface area contributed by atoms with Gasteiger partial charge in [0.25, 0.3) is 5.91 Å². The molecule has 1 atom stereocenters. The van der Waals surface area contributed by atoms with Crippen molar-refractivity contribution in [3.8, 4) is 28.5 Å². The Morgan fingerprint density at radius 1 is 1.03 bits per heavy atom. The third-order valence-corrected chi connectivity index (χ3v) is 6.39. The number of carbonyl (C=O) groups is 2. The van der Waals surface area contributed by atoms with Crippen molar-refractivity contribution < 1.29 is 28.9 Å². The van der Waals surface area contributed by atoms with Crippen LogP contribution < -0.4 is 14.4 Å². The quantitative estimate of drug-likeness (QED) is 0.315. The van der Waals surface area contributed by atoms with E-state index in [-0.39, 0.29) is 18.3 Å². The minimum absolute atomic E-state index is 0.00746. The second kappa shape index (κ2) is 10.3. The van der Waals surface area contributed by atoms with Crippen LogP contribution in [0.1, 0.15) is 51.9 Å². The molecule has 0 radical (unpaired) electrons. The van der Waals surface area contributed by atoms with Gasteiger partial charge >= 0.3 is 5.97 Å². The third-order valence-electron chi connectivity index (χ3n) is 6.39. The average Bonchev–Trinajstić information content (AvgIpc) is 3.49. The molecule has 9 heteroatoms. The number of esters is 1. The SMILES string of the molecule is CCOC(=O)c1ccc(N2C(=O)c3[nH]nc(-c4ccc(OC)cc4)c3C2c2ccc(O)c(OCC)c2)cc1. The summed E-state index contributed by atoms with van der Waals surface area (Å²) in [5.74, 6) is 0.328. The van der Waals surface area contributed by atoms with E-state index in [1.54, 1.807) is 61.4 Å². The molecule has 5 rings (SSSR count). The lowest BCUT2D eigenvalue weighted by atomic mass is 9.95. The topological polar surface area (TPSA) is 114 Å².